The highest BCUT2D eigenvalue weighted by Gasteiger charge is 2.31. The van der Waals surface area contributed by atoms with Crippen molar-refractivity contribution in [1.29, 1.82) is 0 Å². The van der Waals surface area contributed by atoms with Crippen molar-refractivity contribution in [2.75, 3.05) is 5.32 Å². The van der Waals surface area contributed by atoms with Crippen LogP contribution < -0.4 is 5.32 Å². The molecule has 0 spiro atoms. The highest BCUT2D eigenvalue weighted by molar-refractivity contribution is 5.49. The molecule has 1 heteroatoms. The van der Waals surface area contributed by atoms with Crippen LogP contribution in [0, 0.1) is 25.2 Å². The maximum Gasteiger partial charge on any atom is 0.0347 e. The van der Waals surface area contributed by atoms with E-state index in [-0.39, 0.29) is 0 Å². The zero-order valence-electron chi connectivity index (χ0n) is 13.9. The molecule has 0 unspecified atom stereocenters. The molecule has 1 aliphatic carbocycles. The summed E-state index contributed by atoms with van der Waals surface area (Å²) in [5.41, 5.74) is 4.53. The van der Waals surface area contributed by atoms with Crippen LogP contribution in [0.25, 0.3) is 0 Å². The Morgan fingerprint density at radius 2 is 1.55 bits per heavy atom. The molecule has 2 rings (SSSR count). The topological polar surface area (TPSA) is 12.0 Å². The van der Waals surface area contributed by atoms with Crippen molar-refractivity contribution >= 4 is 5.69 Å². The van der Waals surface area contributed by atoms with Gasteiger partial charge in [-0.1, -0.05) is 33.3 Å². The Labute approximate surface area is 125 Å². The van der Waals surface area contributed by atoms with Gasteiger partial charge in [0.25, 0.3) is 0 Å². The zero-order valence-corrected chi connectivity index (χ0v) is 13.9. The smallest absolute Gasteiger partial charge is 0.0347 e. The molecule has 20 heavy (non-hydrogen) atoms. The van der Waals surface area contributed by atoms with Gasteiger partial charge in [0.05, 0.1) is 0 Å². The summed E-state index contributed by atoms with van der Waals surface area (Å²) in [5.74, 6) is 0.907. The second kappa shape index (κ2) is 6.20. The Hall–Kier alpha value is -0.980. The molecule has 0 saturated heterocycles. The van der Waals surface area contributed by atoms with E-state index in [1.165, 1.54) is 48.9 Å². The van der Waals surface area contributed by atoms with E-state index in [1.54, 1.807) is 0 Å². The van der Waals surface area contributed by atoms with Gasteiger partial charge >= 0.3 is 0 Å². The molecule has 0 amide bonds. The van der Waals surface area contributed by atoms with Gasteiger partial charge in [-0.15, -0.1) is 0 Å². The van der Waals surface area contributed by atoms with E-state index >= 15 is 0 Å². The molecule has 1 nitrogen and oxygen atoms in total. The molecule has 0 atom stereocenters. The van der Waals surface area contributed by atoms with Gasteiger partial charge in [-0.25, -0.2) is 0 Å². The minimum atomic E-state index is 0.519. The van der Waals surface area contributed by atoms with Gasteiger partial charge in [0.2, 0.25) is 0 Å². The van der Waals surface area contributed by atoms with Crippen molar-refractivity contribution < 1.29 is 0 Å². The summed E-state index contributed by atoms with van der Waals surface area (Å²) in [6, 6.07) is 7.45. The summed E-state index contributed by atoms with van der Waals surface area (Å²) in [6.45, 7) is 11.6. The lowest BCUT2D eigenvalue weighted by Gasteiger charge is -2.39. The molecule has 1 fully saturated rings. The number of rotatable bonds is 4. The number of aryl methyl sites for hydroxylation is 2. The highest BCUT2D eigenvalue weighted by Crippen LogP contribution is 2.40. The Bertz CT molecular complexity index is 419. The molecule has 1 aliphatic rings. The fourth-order valence-corrected chi connectivity index (χ4v) is 3.60. The number of benzene rings is 1. The number of hydrogen-bond acceptors (Lipinski definition) is 1. The standard InChI is InChI=1S/C19H31N/c1-6-19(4,5)16-7-9-17(10-8-16)20-18-12-14(2)11-15(3)13-18/h11-13,16-17,20H,6-10H2,1-5H3. The average molecular weight is 273 g/mol. The lowest BCUT2D eigenvalue weighted by Crippen LogP contribution is -2.32. The molecule has 1 aromatic carbocycles. The molecule has 0 heterocycles. The van der Waals surface area contributed by atoms with Crippen LogP contribution in [0.1, 0.15) is 64.0 Å². The van der Waals surface area contributed by atoms with E-state index in [2.05, 4.69) is 58.1 Å². The number of hydrogen-bond donors (Lipinski definition) is 1. The van der Waals surface area contributed by atoms with Crippen LogP contribution in [0.5, 0.6) is 0 Å². The van der Waals surface area contributed by atoms with Crippen LogP contribution in [0.4, 0.5) is 5.69 Å². The Morgan fingerprint density at radius 3 is 2.05 bits per heavy atom. The normalized spacial score (nSPS) is 23.6. The molecule has 112 valence electrons. The molecular weight excluding hydrogens is 242 g/mol. The van der Waals surface area contributed by atoms with E-state index in [0.29, 0.717) is 11.5 Å². The van der Waals surface area contributed by atoms with Gasteiger partial charge in [-0.2, -0.15) is 0 Å². The molecule has 0 aliphatic heterocycles. The van der Waals surface area contributed by atoms with Crippen LogP contribution in [0.3, 0.4) is 0 Å². The molecular formula is C19H31N. The van der Waals surface area contributed by atoms with Crippen molar-refractivity contribution in [3.05, 3.63) is 29.3 Å². The lowest BCUT2D eigenvalue weighted by molar-refractivity contribution is 0.147. The first kappa shape index (κ1) is 15.4. The summed E-state index contributed by atoms with van der Waals surface area (Å²) >= 11 is 0. The first-order valence-corrected chi connectivity index (χ1v) is 8.25. The third kappa shape index (κ3) is 3.77. The first-order chi connectivity index (χ1) is 9.40. The largest absolute Gasteiger partial charge is 0.382 e. The summed E-state index contributed by atoms with van der Waals surface area (Å²) < 4.78 is 0. The second-order valence-electron chi connectivity index (χ2n) is 7.41. The van der Waals surface area contributed by atoms with E-state index in [4.69, 9.17) is 0 Å². The Balaban J connectivity index is 1.91. The number of nitrogens with one attached hydrogen (secondary N) is 1. The summed E-state index contributed by atoms with van der Waals surface area (Å²) in [4.78, 5) is 0. The average Bonchev–Trinajstić information content (AvgIpc) is 2.38. The predicted octanol–water partition coefficient (Wildman–Crippen LogP) is 5.71. The highest BCUT2D eigenvalue weighted by atomic mass is 14.9. The molecule has 1 saturated carbocycles. The minimum absolute atomic E-state index is 0.519. The number of anilines is 1. The van der Waals surface area contributed by atoms with Gasteiger partial charge in [0, 0.05) is 11.7 Å². The van der Waals surface area contributed by atoms with Crippen molar-refractivity contribution in [1.82, 2.24) is 0 Å². The van der Waals surface area contributed by atoms with Gasteiger partial charge in [0.1, 0.15) is 0 Å². The van der Waals surface area contributed by atoms with Gasteiger partial charge in [-0.05, 0) is 74.1 Å². The van der Waals surface area contributed by atoms with Crippen molar-refractivity contribution in [2.45, 2.75) is 72.8 Å². The maximum atomic E-state index is 3.75. The van der Waals surface area contributed by atoms with Crippen LogP contribution in [-0.2, 0) is 0 Å². The second-order valence-corrected chi connectivity index (χ2v) is 7.41. The van der Waals surface area contributed by atoms with E-state index in [0.717, 1.165) is 5.92 Å². The van der Waals surface area contributed by atoms with E-state index < -0.39 is 0 Å². The quantitative estimate of drug-likeness (QED) is 0.741. The van der Waals surface area contributed by atoms with Crippen molar-refractivity contribution in [3.8, 4) is 0 Å². The molecule has 1 aromatic rings. The third-order valence-corrected chi connectivity index (χ3v) is 5.34. The first-order valence-electron chi connectivity index (χ1n) is 8.25. The Kier molecular flexibility index (Phi) is 4.78. The van der Waals surface area contributed by atoms with Gasteiger partial charge in [0.15, 0.2) is 0 Å². The molecule has 0 radical (unpaired) electrons. The fraction of sp³-hybridized carbons (Fsp3) is 0.684. The van der Waals surface area contributed by atoms with Gasteiger partial charge < -0.3 is 5.32 Å². The summed E-state index contributed by atoms with van der Waals surface area (Å²) in [5, 5.41) is 3.75. The summed E-state index contributed by atoms with van der Waals surface area (Å²) in [6.07, 6.45) is 6.70. The minimum Gasteiger partial charge on any atom is -0.382 e. The van der Waals surface area contributed by atoms with E-state index in [9.17, 15) is 0 Å². The fourth-order valence-electron chi connectivity index (χ4n) is 3.60. The third-order valence-electron chi connectivity index (χ3n) is 5.34. The molecule has 1 N–H and O–H groups in total. The van der Waals surface area contributed by atoms with Crippen LogP contribution in [0.2, 0.25) is 0 Å². The van der Waals surface area contributed by atoms with Crippen LogP contribution in [0.15, 0.2) is 18.2 Å². The zero-order chi connectivity index (χ0) is 14.8. The predicted molar refractivity (Wildman–Crippen MR) is 89.4 cm³/mol. The van der Waals surface area contributed by atoms with Crippen LogP contribution >= 0.6 is 0 Å². The van der Waals surface area contributed by atoms with Crippen molar-refractivity contribution in [3.63, 3.8) is 0 Å². The molecule has 0 aromatic heterocycles. The van der Waals surface area contributed by atoms with E-state index in [1.807, 2.05) is 0 Å². The SMILES string of the molecule is CCC(C)(C)C1CCC(Nc2cc(C)cc(C)c2)CC1. The van der Waals surface area contributed by atoms with Crippen LogP contribution in [-0.4, -0.2) is 6.04 Å². The van der Waals surface area contributed by atoms with Crippen molar-refractivity contribution in [2.24, 2.45) is 11.3 Å². The lowest BCUT2D eigenvalue weighted by atomic mass is 9.69. The maximum absolute atomic E-state index is 3.75. The Morgan fingerprint density at radius 1 is 1.00 bits per heavy atom. The monoisotopic (exact) mass is 273 g/mol. The van der Waals surface area contributed by atoms with Gasteiger partial charge in [-0.3, -0.25) is 0 Å². The molecule has 0 bridgehead atoms. The summed E-state index contributed by atoms with van der Waals surface area (Å²) in [7, 11) is 0.